The molecule has 2 saturated heterocycles. The molecule has 0 bridgehead atoms. The van der Waals surface area contributed by atoms with E-state index in [0.29, 0.717) is 19.6 Å². The van der Waals surface area contributed by atoms with E-state index < -0.39 is 6.04 Å². The summed E-state index contributed by atoms with van der Waals surface area (Å²) >= 11 is 0. The van der Waals surface area contributed by atoms with E-state index in [4.69, 9.17) is 4.42 Å². The highest BCUT2D eigenvalue weighted by atomic mass is 16.3. The van der Waals surface area contributed by atoms with Gasteiger partial charge in [0.05, 0.1) is 6.54 Å². The molecule has 1 unspecified atom stereocenters. The number of rotatable bonds is 6. The number of carbonyl (C=O) groups is 2. The molecule has 1 atom stereocenters. The topological polar surface area (TPSA) is 57.0 Å². The van der Waals surface area contributed by atoms with Crippen molar-refractivity contribution in [3.05, 3.63) is 71.5 Å². The van der Waals surface area contributed by atoms with Gasteiger partial charge in [0, 0.05) is 50.1 Å². The molecule has 1 aromatic heterocycles. The van der Waals surface area contributed by atoms with Crippen LogP contribution < -0.4 is 0 Å². The second kappa shape index (κ2) is 8.79. The third kappa shape index (κ3) is 3.91. The molecule has 2 fully saturated rings. The van der Waals surface area contributed by atoms with Gasteiger partial charge in [-0.3, -0.25) is 14.5 Å². The van der Waals surface area contributed by atoms with E-state index in [9.17, 15) is 9.59 Å². The van der Waals surface area contributed by atoms with E-state index in [1.165, 1.54) is 11.1 Å². The van der Waals surface area contributed by atoms with Crippen LogP contribution in [0.3, 0.4) is 0 Å². The Labute approximate surface area is 188 Å². The summed E-state index contributed by atoms with van der Waals surface area (Å²) in [6, 6.07) is 17.8. The Morgan fingerprint density at radius 2 is 1.78 bits per heavy atom. The molecule has 0 radical (unpaired) electrons. The first-order valence-electron chi connectivity index (χ1n) is 11.5. The Morgan fingerprint density at radius 3 is 2.59 bits per heavy atom. The van der Waals surface area contributed by atoms with Crippen LogP contribution in [-0.4, -0.2) is 65.3 Å². The summed E-state index contributed by atoms with van der Waals surface area (Å²) in [5.41, 5.74) is 3.29. The van der Waals surface area contributed by atoms with Crippen LogP contribution in [0, 0.1) is 0 Å². The molecule has 2 aliphatic rings. The second-order valence-corrected chi connectivity index (χ2v) is 8.69. The van der Waals surface area contributed by atoms with Crippen molar-refractivity contribution >= 4 is 22.8 Å². The van der Waals surface area contributed by atoms with Crippen LogP contribution in [0.1, 0.15) is 23.8 Å². The molecule has 6 nitrogen and oxygen atoms in total. The van der Waals surface area contributed by atoms with Gasteiger partial charge in [-0.25, -0.2) is 0 Å². The highest BCUT2D eigenvalue weighted by molar-refractivity contribution is 5.95. The average molecular weight is 432 g/mol. The predicted molar refractivity (Wildman–Crippen MR) is 123 cm³/mol. The quantitative estimate of drug-likeness (QED) is 0.602. The molecular formula is C26H29N3O3. The zero-order chi connectivity index (χ0) is 22.1. The lowest BCUT2D eigenvalue weighted by Gasteiger charge is -2.46. The number of carbonyl (C=O) groups excluding carboxylic acids is 2. The molecule has 0 saturated carbocycles. The number of nitrogens with zero attached hydrogens (tertiary/aromatic N) is 3. The molecule has 2 aromatic carbocycles. The summed E-state index contributed by atoms with van der Waals surface area (Å²) in [7, 11) is 0. The Hall–Kier alpha value is -3.12. The van der Waals surface area contributed by atoms with E-state index in [0.717, 1.165) is 42.7 Å². The maximum absolute atomic E-state index is 13.3. The zero-order valence-electron chi connectivity index (χ0n) is 18.5. The number of hydrogen-bond donors (Lipinski definition) is 0. The lowest BCUT2D eigenvalue weighted by molar-refractivity contribution is -0.159. The third-order valence-electron chi connectivity index (χ3n) is 6.71. The highest BCUT2D eigenvalue weighted by Gasteiger charge is 2.42. The van der Waals surface area contributed by atoms with E-state index in [1.807, 2.05) is 36.4 Å². The Morgan fingerprint density at radius 1 is 1.00 bits per heavy atom. The van der Waals surface area contributed by atoms with Crippen LogP contribution in [0.25, 0.3) is 11.0 Å². The minimum Gasteiger partial charge on any atom is -0.461 e. The number of furan rings is 1. The predicted octanol–water partition coefficient (Wildman–Crippen LogP) is 3.09. The Bertz CT molecular complexity index is 1120. The van der Waals surface area contributed by atoms with Gasteiger partial charge in [-0.2, -0.15) is 0 Å². The van der Waals surface area contributed by atoms with Crippen molar-refractivity contribution in [3.8, 4) is 0 Å². The summed E-state index contributed by atoms with van der Waals surface area (Å²) in [4.78, 5) is 31.9. The molecule has 3 aromatic rings. The van der Waals surface area contributed by atoms with Gasteiger partial charge in [-0.05, 0) is 18.1 Å². The molecule has 3 heterocycles. The number of piperazine rings is 2. The van der Waals surface area contributed by atoms with Gasteiger partial charge in [-0.1, -0.05) is 55.5 Å². The summed E-state index contributed by atoms with van der Waals surface area (Å²) < 4.78 is 6.06. The van der Waals surface area contributed by atoms with Crippen molar-refractivity contribution in [1.82, 2.24) is 14.7 Å². The number of benzene rings is 2. The van der Waals surface area contributed by atoms with Gasteiger partial charge in [0.25, 0.3) is 0 Å². The number of amides is 2. The van der Waals surface area contributed by atoms with Crippen LogP contribution in [0.15, 0.2) is 59.0 Å². The van der Waals surface area contributed by atoms with Gasteiger partial charge < -0.3 is 14.2 Å². The van der Waals surface area contributed by atoms with Crippen LogP contribution in [0.4, 0.5) is 0 Å². The van der Waals surface area contributed by atoms with Crippen molar-refractivity contribution in [2.24, 2.45) is 0 Å². The van der Waals surface area contributed by atoms with Gasteiger partial charge in [-0.15, -0.1) is 0 Å². The number of fused-ring (bicyclic) bond motifs is 2. The van der Waals surface area contributed by atoms with Gasteiger partial charge in [0.2, 0.25) is 11.8 Å². The molecule has 0 N–H and O–H groups in total. The third-order valence-corrected chi connectivity index (χ3v) is 6.71. The van der Waals surface area contributed by atoms with Crippen LogP contribution >= 0.6 is 0 Å². The standard InChI is InChI=1S/C26H29N3O3/c1-2-23-21(20-10-6-7-11-24(20)32-23)16-27-14-15-29-22(17-27)26(31)28(18-25(29)30)13-12-19-8-4-3-5-9-19/h3-11,22H,2,12-18H2,1H3. The molecule has 2 aliphatic heterocycles. The lowest BCUT2D eigenvalue weighted by Crippen LogP contribution is -2.66. The number of para-hydroxylation sites is 1. The second-order valence-electron chi connectivity index (χ2n) is 8.69. The summed E-state index contributed by atoms with van der Waals surface area (Å²) in [5.74, 6) is 1.13. The van der Waals surface area contributed by atoms with Crippen molar-refractivity contribution in [1.29, 1.82) is 0 Å². The van der Waals surface area contributed by atoms with Gasteiger partial charge in [0.15, 0.2) is 0 Å². The van der Waals surface area contributed by atoms with E-state index >= 15 is 0 Å². The van der Waals surface area contributed by atoms with Crippen LogP contribution in [0.2, 0.25) is 0 Å². The van der Waals surface area contributed by atoms with Crippen LogP contribution in [-0.2, 0) is 29.0 Å². The lowest BCUT2D eigenvalue weighted by atomic mass is 10.0. The molecule has 6 heteroatoms. The largest absolute Gasteiger partial charge is 0.461 e. The normalized spacial score (nSPS) is 19.6. The summed E-state index contributed by atoms with van der Waals surface area (Å²) in [6.45, 7) is 5.53. The fraction of sp³-hybridized carbons (Fsp3) is 0.385. The molecule has 5 rings (SSSR count). The monoisotopic (exact) mass is 431 g/mol. The molecule has 0 aliphatic carbocycles. The first-order valence-corrected chi connectivity index (χ1v) is 11.5. The van der Waals surface area contributed by atoms with Gasteiger partial charge >= 0.3 is 0 Å². The average Bonchev–Trinajstić information content (AvgIpc) is 3.18. The molecule has 2 amide bonds. The Balaban J connectivity index is 1.30. The first-order chi connectivity index (χ1) is 15.6. The molecule has 0 spiro atoms. The van der Waals surface area contributed by atoms with Crippen molar-refractivity contribution < 1.29 is 14.0 Å². The number of aryl methyl sites for hydroxylation is 1. The SMILES string of the molecule is CCc1oc2ccccc2c1CN1CCN2C(=O)CN(CCc3ccccc3)C(=O)C2C1. The summed E-state index contributed by atoms with van der Waals surface area (Å²) in [6.07, 6.45) is 1.59. The van der Waals surface area contributed by atoms with Crippen molar-refractivity contribution in [2.45, 2.75) is 32.4 Å². The minimum atomic E-state index is -0.399. The summed E-state index contributed by atoms with van der Waals surface area (Å²) in [5, 5.41) is 1.14. The van der Waals surface area contributed by atoms with Crippen LogP contribution in [0.5, 0.6) is 0 Å². The molecular weight excluding hydrogens is 402 g/mol. The maximum atomic E-state index is 13.3. The fourth-order valence-corrected chi connectivity index (χ4v) is 4.97. The van der Waals surface area contributed by atoms with Crippen molar-refractivity contribution in [3.63, 3.8) is 0 Å². The smallest absolute Gasteiger partial charge is 0.247 e. The van der Waals surface area contributed by atoms with Crippen molar-refractivity contribution in [2.75, 3.05) is 32.7 Å². The molecule has 32 heavy (non-hydrogen) atoms. The highest BCUT2D eigenvalue weighted by Crippen LogP contribution is 2.29. The zero-order valence-corrected chi connectivity index (χ0v) is 18.5. The van der Waals surface area contributed by atoms with Gasteiger partial charge in [0.1, 0.15) is 17.4 Å². The fourth-order valence-electron chi connectivity index (χ4n) is 4.97. The van der Waals surface area contributed by atoms with E-state index in [1.54, 1.807) is 9.80 Å². The van der Waals surface area contributed by atoms with E-state index in [2.05, 4.69) is 30.0 Å². The number of hydrogen-bond acceptors (Lipinski definition) is 4. The van der Waals surface area contributed by atoms with E-state index in [-0.39, 0.29) is 18.4 Å². The Kier molecular flexibility index (Phi) is 5.70. The minimum absolute atomic E-state index is 0.0605. The first kappa shape index (κ1) is 20.8. The maximum Gasteiger partial charge on any atom is 0.247 e. The molecule has 166 valence electrons.